The van der Waals surface area contributed by atoms with E-state index in [1.807, 2.05) is 38.1 Å². The predicted molar refractivity (Wildman–Crippen MR) is 142 cm³/mol. The van der Waals surface area contributed by atoms with Crippen LogP contribution in [-0.4, -0.2) is 44.3 Å². The normalized spacial score (nSPS) is 12.0. The molecule has 3 aromatic carbocycles. The maximum Gasteiger partial charge on any atom is 0.264 e. The van der Waals surface area contributed by atoms with Crippen LogP contribution in [0.3, 0.4) is 0 Å². The van der Waals surface area contributed by atoms with Crippen LogP contribution >= 0.6 is 0 Å². The second-order valence-electron chi connectivity index (χ2n) is 8.82. The Bertz CT molecular complexity index is 1340. The zero-order chi connectivity index (χ0) is 27.2. The molecule has 0 bridgehead atoms. The van der Waals surface area contributed by atoms with Gasteiger partial charge in [-0.3, -0.25) is 13.9 Å². The highest BCUT2D eigenvalue weighted by molar-refractivity contribution is 7.92. The summed E-state index contributed by atoms with van der Waals surface area (Å²) >= 11 is 0. The summed E-state index contributed by atoms with van der Waals surface area (Å²) in [5, 5.41) is 2.73. The van der Waals surface area contributed by atoms with Crippen LogP contribution < -0.4 is 9.62 Å². The number of likely N-dealkylation sites (N-methyl/N-ethyl adjacent to an activating group) is 1. The fraction of sp³-hybridized carbons (Fsp3) is 0.286. The number of halogens is 1. The van der Waals surface area contributed by atoms with Gasteiger partial charge in [0.25, 0.3) is 10.0 Å². The number of aryl methyl sites for hydroxylation is 2. The number of amides is 2. The number of carbonyl (C=O) groups is 2. The second kappa shape index (κ2) is 12.0. The Hall–Kier alpha value is -3.72. The van der Waals surface area contributed by atoms with Crippen LogP contribution in [0.25, 0.3) is 0 Å². The van der Waals surface area contributed by atoms with Gasteiger partial charge in [0.2, 0.25) is 11.8 Å². The van der Waals surface area contributed by atoms with E-state index in [9.17, 15) is 22.4 Å². The standard InChI is InChI=1S/C28H32FN3O4S/c1-5-30-28(34)22(4)31(18-23-9-7-6-8-21(23)3)27(33)19-32(25-14-12-24(29)13-15-25)37(35,36)26-16-10-20(2)11-17-26/h6-17,22H,5,18-19H2,1-4H3,(H,30,34). The Morgan fingerprint density at radius 1 is 0.946 bits per heavy atom. The van der Waals surface area contributed by atoms with Gasteiger partial charge < -0.3 is 10.2 Å². The van der Waals surface area contributed by atoms with Crippen LogP contribution in [0.15, 0.2) is 77.7 Å². The van der Waals surface area contributed by atoms with E-state index in [-0.39, 0.29) is 23.0 Å². The number of benzene rings is 3. The minimum absolute atomic E-state index is 0.00236. The molecule has 0 spiro atoms. The maximum absolute atomic E-state index is 13.8. The first kappa shape index (κ1) is 27.9. The smallest absolute Gasteiger partial charge is 0.264 e. The summed E-state index contributed by atoms with van der Waals surface area (Å²) in [5.41, 5.74) is 2.79. The molecule has 0 fully saturated rings. The average molecular weight is 526 g/mol. The molecule has 1 N–H and O–H groups in total. The van der Waals surface area contributed by atoms with E-state index >= 15 is 0 Å². The second-order valence-corrected chi connectivity index (χ2v) is 10.7. The minimum Gasteiger partial charge on any atom is -0.355 e. The highest BCUT2D eigenvalue weighted by Gasteiger charge is 2.32. The van der Waals surface area contributed by atoms with Gasteiger partial charge in [0, 0.05) is 13.1 Å². The molecule has 0 saturated heterocycles. The molecule has 37 heavy (non-hydrogen) atoms. The van der Waals surface area contributed by atoms with Gasteiger partial charge in [-0.15, -0.1) is 0 Å². The van der Waals surface area contributed by atoms with Crippen molar-refractivity contribution in [2.75, 3.05) is 17.4 Å². The Morgan fingerprint density at radius 2 is 1.57 bits per heavy atom. The monoisotopic (exact) mass is 525 g/mol. The number of carbonyl (C=O) groups excluding carboxylic acids is 2. The summed E-state index contributed by atoms with van der Waals surface area (Å²) < 4.78 is 42.0. The highest BCUT2D eigenvalue weighted by Crippen LogP contribution is 2.25. The number of anilines is 1. The van der Waals surface area contributed by atoms with Crippen molar-refractivity contribution in [3.05, 3.63) is 95.3 Å². The molecule has 0 saturated carbocycles. The van der Waals surface area contributed by atoms with Gasteiger partial charge >= 0.3 is 0 Å². The third-order valence-electron chi connectivity index (χ3n) is 6.12. The van der Waals surface area contributed by atoms with Gasteiger partial charge in [0.1, 0.15) is 18.4 Å². The molecule has 0 aliphatic rings. The lowest BCUT2D eigenvalue weighted by Crippen LogP contribution is -2.51. The summed E-state index contributed by atoms with van der Waals surface area (Å²) in [7, 11) is -4.19. The SMILES string of the molecule is CCNC(=O)C(C)N(Cc1ccccc1C)C(=O)CN(c1ccc(F)cc1)S(=O)(=O)c1ccc(C)cc1. The molecule has 0 radical (unpaired) electrons. The largest absolute Gasteiger partial charge is 0.355 e. The van der Waals surface area contributed by atoms with Crippen molar-refractivity contribution >= 4 is 27.5 Å². The van der Waals surface area contributed by atoms with Crippen LogP contribution in [0.2, 0.25) is 0 Å². The first-order chi connectivity index (χ1) is 17.5. The highest BCUT2D eigenvalue weighted by atomic mass is 32.2. The molecule has 0 aliphatic carbocycles. The molecule has 2 amide bonds. The summed E-state index contributed by atoms with van der Waals surface area (Å²) in [4.78, 5) is 27.9. The molecule has 3 rings (SSSR count). The summed E-state index contributed by atoms with van der Waals surface area (Å²) in [6.45, 7) is 7.06. The van der Waals surface area contributed by atoms with E-state index in [0.29, 0.717) is 6.54 Å². The fourth-order valence-corrected chi connectivity index (χ4v) is 5.26. The van der Waals surface area contributed by atoms with E-state index in [0.717, 1.165) is 33.1 Å². The molecule has 1 unspecified atom stereocenters. The van der Waals surface area contributed by atoms with Gasteiger partial charge in [0.15, 0.2) is 0 Å². The summed E-state index contributed by atoms with van der Waals surface area (Å²) in [5.74, 6) is -1.45. The van der Waals surface area contributed by atoms with Gasteiger partial charge in [-0.1, -0.05) is 42.0 Å². The summed E-state index contributed by atoms with van der Waals surface area (Å²) in [6, 6.07) is 17.8. The number of rotatable bonds is 10. The van der Waals surface area contributed by atoms with E-state index in [4.69, 9.17) is 0 Å². The van der Waals surface area contributed by atoms with Gasteiger partial charge in [0.05, 0.1) is 10.6 Å². The molecule has 9 heteroatoms. The van der Waals surface area contributed by atoms with E-state index in [2.05, 4.69) is 5.32 Å². The first-order valence-corrected chi connectivity index (χ1v) is 13.4. The van der Waals surface area contributed by atoms with Crippen LogP contribution in [0, 0.1) is 19.7 Å². The van der Waals surface area contributed by atoms with E-state index in [1.54, 1.807) is 26.0 Å². The lowest BCUT2D eigenvalue weighted by Gasteiger charge is -2.32. The van der Waals surface area contributed by atoms with Gasteiger partial charge in [-0.2, -0.15) is 0 Å². The van der Waals surface area contributed by atoms with Gasteiger partial charge in [-0.25, -0.2) is 12.8 Å². The van der Waals surface area contributed by atoms with E-state index < -0.39 is 34.3 Å². The van der Waals surface area contributed by atoms with Crippen molar-refractivity contribution in [3.63, 3.8) is 0 Å². The third-order valence-corrected chi connectivity index (χ3v) is 7.91. The Morgan fingerprint density at radius 3 is 2.16 bits per heavy atom. The van der Waals surface area contributed by atoms with Gasteiger partial charge in [-0.05, 0) is 75.2 Å². The molecule has 7 nitrogen and oxygen atoms in total. The van der Waals surface area contributed by atoms with Crippen LogP contribution in [0.4, 0.5) is 10.1 Å². The number of nitrogens with one attached hydrogen (secondary N) is 1. The lowest BCUT2D eigenvalue weighted by atomic mass is 10.1. The zero-order valence-electron chi connectivity index (χ0n) is 21.4. The quantitative estimate of drug-likeness (QED) is 0.430. The molecule has 3 aromatic rings. The number of hydrogen-bond acceptors (Lipinski definition) is 4. The molecule has 0 aliphatic heterocycles. The molecule has 0 aromatic heterocycles. The van der Waals surface area contributed by atoms with Crippen LogP contribution in [-0.2, 0) is 26.2 Å². The fourth-order valence-electron chi connectivity index (χ4n) is 3.85. The number of sulfonamides is 1. The summed E-state index contributed by atoms with van der Waals surface area (Å²) in [6.07, 6.45) is 0. The number of nitrogens with zero attached hydrogens (tertiary/aromatic N) is 2. The molecule has 1 atom stereocenters. The Labute approximate surface area is 218 Å². The van der Waals surface area contributed by atoms with Crippen molar-refractivity contribution in [2.45, 2.75) is 45.2 Å². The van der Waals surface area contributed by atoms with Crippen molar-refractivity contribution in [2.24, 2.45) is 0 Å². The molecule has 196 valence electrons. The van der Waals surface area contributed by atoms with Crippen molar-refractivity contribution < 1.29 is 22.4 Å². The minimum atomic E-state index is -4.19. The number of hydrogen-bond donors (Lipinski definition) is 1. The third kappa shape index (κ3) is 6.74. The Kier molecular flexibility index (Phi) is 9.04. The molecular formula is C28H32FN3O4S. The average Bonchev–Trinajstić information content (AvgIpc) is 2.87. The molecular weight excluding hydrogens is 493 g/mol. The van der Waals surface area contributed by atoms with Crippen molar-refractivity contribution in [1.29, 1.82) is 0 Å². The zero-order valence-corrected chi connectivity index (χ0v) is 22.3. The first-order valence-electron chi connectivity index (χ1n) is 12.0. The topological polar surface area (TPSA) is 86.8 Å². The predicted octanol–water partition coefficient (Wildman–Crippen LogP) is 4.19. The van der Waals surface area contributed by atoms with E-state index in [1.165, 1.54) is 29.2 Å². The maximum atomic E-state index is 13.8. The Balaban J connectivity index is 2.03. The lowest BCUT2D eigenvalue weighted by molar-refractivity contribution is -0.139. The molecule has 0 heterocycles. The van der Waals surface area contributed by atoms with Crippen LogP contribution in [0.5, 0.6) is 0 Å². The van der Waals surface area contributed by atoms with Crippen LogP contribution in [0.1, 0.15) is 30.5 Å². The van der Waals surface area contributed by atoms with Crippen molar-refractivity contribution in [3.8, 4) is 0 Å². The van der Waals surface area contributed by atoms with Crippen molar-refractivity contribution in [1.82, 2.24) is 10.2 Å².